The minimum absolute atomic E-state index is 0.0787. The molecular weight excluding hydrogens is 394 g/mol. The first-order valence-electron chi connectivity index (χ1n) is 10.3. The second-order valence-corrected chi connectivity index (χ2v) is 8.73. The lowest BCUT2D eigenvalue weighted by Gasteiger charge is -2.48. The average Bonchev–Trinajstić information content (AvgIpc) is 2.74. The van der Waals surface area contributed by atoms with Crippen molar-refractivity contribution in [1.29, 1.82) is 0 Å². The number of carbonyl (C=O) groups excluding carboxylic acids is 2. The SMILES string of the molecule is CC1(C(=O)NCC2(N3CCOCC3)CCCCC2)Oc2ccc(Cl)cc2NC1=O. The molecule has 1 saturated heterocycles. The molecule has 29 heavy (non-hydrogen) atoms. The van der Waals surface area contributed by atoms with Crippen LogP contribution in [0.25, 0.3) is 0 Å². The van der Waals surface area contributed by atoms with Crippen LogP contribution in [0.15, 0.2) is 18.2 Å². The minimum Gasteiger partial charge on any atom is -0.466 e. The molecule has 1 aliphatic carbocycles. The summed E-state index contributed by atoms with van der Waals surface area (Å²) in [6.07, 6.45) is 5.60. The van der Waals surface area contributed by atoms with Crippen molar-refractivity contribution in [2.75, 3.05) is 38.2 Å². The van der Waals surface area contributed by atoms with Crippen LogP contribution in [0.5, 0.6) is 5.75 Å². The van der Waals surface area contributed by atoms with Gasteiger partial charge in [-0.15, -0.1) is 0 Å². The highest BCUT2D eigenvalue weighted by molar-refractivity contribution is 6.31. The Labute approximate surface area is 176 Å². The largest absolute Gasteiger partial charge is 0.466 e. The Morgan fingerprint density at radius 2 is 1.97 bits per heavy atom. The topological polar surface area (TPSA) is 79.9 Å². The molecule has 0 aromatic heterocycles. The van der Waals surface area contributed by atoms with E-state index in [1.165, 1.54) is 13.3 Å². The number of nitrogens with zero attached hydrogens (tertiary/aromatic N) is 1. The van der Waals surface area contributed by atoms with Gasteiger partial charge in [0.2, 0.25) is 0 Å². The molecule has 2 amide bonds. The molecule has 2 N–H and O–H groups in total. The van der Waals surface area contributed by atoms with E-state index in [4.69, 9.17) is 21.1 Å². The highest BCUT2D eigenvalue weighted by Crippen LogP contribution is 2.37. The number of rotatable bonds is 4. The number of carbonyl (C=O) groups is 2. The highest BCUT2D eigenvalue weighted by Gasteiger charge is 2.48. The third-order valence-electron chi connectivity index (χ3n) is 6.41. The molecular formula is C21H28ClN3O4. The molecule has 3 aliphatic rings. The average molecular weight is 422 g/mol. The Morgan fingerprint density at radius 3 is 2.69 bits per heavy atom. The van der Waals surface area contributed by atoms with Crippen LogP contribution in [0.1, 0.15) is 39.0 Å². The number of benzene rings is 1. The van der Waals surface area contributed by atoms with Gasteiger partial charge in [0.25, 0.3) is 17.4 Å². The summed E-state index contributed by atoms with van der Waals surface area (Å²) in [6, 6.07) is 4.95. The smallest absolute Gasteiger partial charge is 0.278 e. The van der Waals surface area contributed by atoms with Crippen LogP contribution in [-0.4, -0.2) is 60.7 Å². The molecule has 2 aliphatic heterocycles. The minimum atomic E-state index is -1.62. The Morgan fingerprint density at radius 1 is 1.24 bits per heavy atom. The van der Waals surface area contributed by atoms with Crippen molar-refractivity contribution < 1.29 is 19.1 Å². The Balaban J connectivity index is 1.48. The van der Waals surface area contributed by atoms with Crippen molar-refractivity contribution in [3.05, 3.63) is 23.2 Å². The van der Waals surface area contributed by atoms with Crippen LogP contribution < -0.4 is 15.4 Å². The van der Waals surface area contributed by atoms with Crippen molar-refractivity contribution in [2.45, 2.75) is 50.2 Å². The molecule has 4 rings (SSSR count). The van der Waals surface area contributed by atoms with E-state index in [0.29, 0.717) is 23.0 Å². The van der Waals surface area contributed by atoms with Gasteiger partial charge in [0.05, 0.1) is 18.9 Å². The van der Waals surface area contributed by atoms with Gasteiger partial charge in [-0.1, -0.05) is 30.9 Å². The summed E-state index contributed by atoms with van der Waals surface area (Å²) in [6.45, 7) is 5.20. The van der Waals surface area contributed by atoms with Gasteiger partial charge in [-0.25, -0.2) is 0 Å². The summed E-state index contributed by atoms with van der Waals surface area (Å²) in [5, 5.41) is 6.28. The zero-order valence-corrected chi connectivity index (χ0v) is 17.5. The van der Waals surface area contributed by atoms with E-state index < -0.39 is 17.4 Å². The van der Waals surface area contributed by atoms with E-state index in [-0.39, 0.29) is 5.54 Å². The number of morpholine rings is 1. The van der Waals surface area contributed by atoms with E-state index in [2.05, 4.69) is 15.5 Å². The summed E-state index contributed by atoms with van der Waals surface area (Å²) in [5.74, 6) is -0.477. The molecule has 158 valence electrons. The molecule has 0 spiro atoms. The quantitative estimate of drug-likeness (QED) is 0.730. The number of nitrogens with one attached hydrogen (secondary N) is 2. The van der Waals surface area contributed by atoms with Crippen molar-refractivity contribution >= 4 is 29.1 Å². The van der Waals surface area contributed by atoms with E-state index in [0.717, 1.165) is 52.0 Å². The molecule has 1 atom stereocenters. The normalized spacial score (nSPS) is 26.8. The fourth-order valence-corrected chi connectivity index (χ4v) is 4.78. The van der Waals surface area contributed by atoms with E-state index >= 15 is 0 Å². The summed E-state index contributed by atoms with van der Waals surface area (Å²) in [7, 11) is 0. The Bertz CT molecular complexity index is 790. The van der Waals surface area contributed by atoms with Crippen LogP contribution in [0.4, 0.5) is 5.69 Å². The molecule has 1 aromatic carbocycles. The Hall–Kier alpha value is -1.83. The van der Waals surface area contributed by atoms with Gasteiger partial charge >= 0.3 is 0 Å². The van der Waals surface area contributed by atoms with Crippen LogP contribution in [-0.2, 0) is 14.3 Å². The fraction of sp³-hybridized carbons (Fsp3) is 0.619. The maximum atomic E-state index is 13.1. The zero-order chi connectivity index (χ0) is 20.5. The monoisotopic (exact) mass is 421 g/mol. The first-order chi connectivity index (χ1) is 13.9. The number of hydrogen-bond donors (Lipinski definition) is 2. The first-order valence-corrected chi connectivity index (χ1v) is 10.7. The van der Waals surface area contributed by atoms with Gasteiger partial charge < -0.3 is 20.1 Å². The van der Waals surface area contributed by atoms with Gasteiger partial charge in [0.1, 0.15) is 5.75 Å². The number of halogens is 1. The van der Waals surface area contributed by atoms with Gasteiger partial charge in [-0.2, -0.15) is 0 Å². The second-order valence-electron chi connectivity index (χ2n) is 8.30. The van der Waals surface area contributed by atoms with Crippen LogP contribution in [0, 0.1) is 0 Å². The van der Waals surface area contributed by atoms with E-state index in [1.54, 1.807) is 18.2 Å². The highest BCUT2D eigenvalue weighted by atomic mass is 35.5. The summed E-state index contributed by atoms with van der Waals surface area (Å²) >= 11 is 5.98. The number of amides is 2. The lowest BCUT2D eigenvalue weighted by atomic mass is 9.79. The van der Waals surface area contributed by atoms with Crippen molar-refractivity contribution in [2.24, 2.45) is 0 Å². The van der Waals surface area contributed by atoms with Gasteiger partial charge in [0.15, 0.2) is 0 Å². The third-order valence-corrected chi connectivity index (χ3v) is 6.65. The summed E-state index contributed by atoms with van der Waals surface area (Å²) in [4.78, 5) is 28.3. The third kappa shape index (κ3) is 3.96. The second kappa shape index (κ2) is 8.13. The number of ether oxygens (including phenoxy) is 2. The van der Waals surface area contributed by atoms with Crippen LogP contribution >= 0.6 is 11.6 Å². The summed E-state index contributed by atoms with van der Waals surface area (Å²) in [5.41, 5.74) is -1.23. The van der Waals surface area contributed by atoms with Crippen molar-refractivity contribution in [3.63, 3.8) is 0 Å². The number of anilines is 1. The molecule has 8 heteroatoms. The maximum absolute atomic E-state index is 13.1. The van der Waals surface area contributed by atoms with Gasteiger partial charge in [-0.05, 0) is 38.0 Å². The fourth-order valence-electron chi connectivity index (χ4n) is 4.61. The van der Waals surface area contributed by atoms with Crippen LogP contribution in [0.3, 0.4) is 0 Å². The van der Waals surface area contributed by atoms with Gasteiger partial charge in [0, 0.05) is 30.2 Å². The van der Waals surface area contributed by atoms with Gasteiger partial charge in [-0.3, -0.25) is 14.5 Å². The lowest BCUT2D eigenvalue weighted by molar-refractivity contribution is -0.147. The first kappa shape index (κ1) is 20.4. The molecule has 1 unspecified atom stereocenters. The Kier molecular flexibility index (Phi) is 5.73. The molecule has 2 heterocycles. The van der Waals surface area contributed by atoms with Crippen molar-refractivity contribution in [1.82, 2.24) is 10.2 Å². The predicted octanol–water partition coefficient (Wildman–Crippen LogP) is 2.58. The molecule has 0 radical (unpaired) electrons. The number of fused-ring (bicyclic) bond motifs is 1. The van der Waals surface area contributed by atoms with E-state index in [1.807, 2.05) is 0 Å². The molecule has 1 saturated carbocycles. The molecule has 1 aromatic rings. The maximum Gasteiger partial charge on any atom is 0.278 e. The van der Waals surface area contributed by atoms with Crippen LogP contribution in [0.2, 0.25) is 5.02 Å². The number of hydrogen-bond acceptors (Lipinski definition) is 5. The van der Waals surface area contributed by atoms with E-state index in [9.17, 15) is 9.59 Å². The molecule has 0 bridgehead atoms. The predicted molar refractivity (Wildman–Crippen MR) is 110 cm³/mol. The van der Waals surface area contributed by atoms with Crippen molar-refractivity contribution in [3.8, 4) is 5.75 Å². The summed E-state index contributed by atoms with van der Waals surface area (Å²) < 4.78 is 11.4. The molecule has 7 nitrogen and oxygen atoms in total. The standard InChI is InChI=1S/C21H28ClN3O4/c1-20(19(27)24-16-13-15(22)5-6-17(16)29-20)18(26)23-14-21(7-3-2-4-8-21)25-9-11-28-12-10-25/h5-6,13H,2-4,7-12,14H2,1H3,(H,23,26)(H,24,27). The lowest BCUT2D eigenvalue weighted by Crippen LogP contribution is -2.64. The zero-order valence-electron chi connectivity index (χ0n) is 16.8. The molecule has 2 fully saturated rings.